The van der Waals surface area contributed by atoms with E-state index in [0.717, 1.165) is 67.8 Å². The van der Waals surface area contributed by atoms with Crippen LogP contribution in [0.2, 0.25) is 0 Å². The molecule has 0 amide bonds. The zero-order chi connectivity index (χ0) is 26.7. The van der Waals surface area contributed by atoms with E-state index in [9.17, 15) is 8.78 Å². The number of halogens is 2. The van der Waals surface area contributed by atoms with Crippen LogP contribution in [0.15, 0.2) is 30.4 Å². The molecule has 0 spiro atoms. The number of hydrogen-bond acceptors (Lipinski definition) is 1. The molecule has 0 aromatic heterocycles. The van der Waals surface area contributed by atoms with Gasteiger partial charge >= 0.3 is 0 Å². The third-order valence-corrected chi connectivity index (χ3v) is 9.98. The van der Waals surface area contributed by atoms with E-state index >= 15 is 0 Å². The van der Waals surface area contributed by atoms with Gasteiger partial charge in [0.15, 0.2) is 11.6 Å². The number of unbranched alkanes of at least 4 members (excludes halogenated alkanes) is 3. The Bertz CT molecular complexity index is 903. The summed E-state index contributed by atoms with van der Waals surface area (Å²) in [6.07, 6.45) is 28.1. The highest BCUT2D eigenvalue weighted by atomic mass is 19.2. The van der Waals surface area contributed by atoms with Crippen molar-refractivity contribution in [3.8, 4) is 5.75 Å². The largest absolute Gasteiger partial charge is 0.490 e. The topological polar surface area (TPSA) is 9.23 Å². The van der Waals surface area contributed by atoms with Gasteiger partial charge in [-0.05, 0) is 137 Å². The van der Waals surface area contributed by atoms with Crippen molar-refractivity contribution in [1.29, 1.82) is 0 Å². The summed E-state index contributed by atoms with van der Waals surface area (Å²) in [5.74, 6) is 2.82. The zero-order valence-electron chi connectivity index (χ0n) is 24.2. The average Bonchev–Trinajstić information content (AvgIpc) is 2.96. The van der Waals surface area contributed by atoms with Gasteiger partial charge in [-0.15, -0.1) is 0 Å². The molecule has 1 atom stereocenters. The molecule has 2 fully saturated rings. The highest BCUT2D eigenvalue weighted by Gasteiger charge is 2.34. The van der Waals surface area contributed by atoms with Gasteiger partial charge in [-0.1, -0.05) is 51.3 Å². The maximum atomic E-state index is 14.9. The number of rotatable bonds is 12. The number of benzene rings is 1. The molecule has 4 rings (SSSR count). The molecule has 1 nitrogen and oxygen atoms in total. The molecule has 2 saturated carbocycles. The minimum atomic E-state index is -0.831. The van der Waals surface area contributed by atoms with Crippen LogP contribution in [0, 0.1) is 41.2 Å². The Labute approximate surface area is 231 Å². The van der Waals surface area contributed by atoms with Crippen LogP contribution in [-0.2, 0) is 0 Å². The minimum absolute atomic E-state index is 0.0469. The smallest absolute Gasteiger partial charge is 0.201 e. The Morgan fingerprint density at radius 3 is 2.08 bits per heavy atom. The van der Waals surface area contributed by atoms with Gasteiger partial charge in [0.25, 0.3) is 0 Å². The number of allylic oxidation sites excluding steroid dienone is 4. The first-order chi connectivity index (χ1) is 18.6. The highest BCUT2D eigenvalue weighted by molar-refractivity contribution is 5.67. The van der Waals surface area contributed by atoms with Crippen LogP contribution >= 0.6 is 0 Å². The second-order valence-electron chi connectivity index (χ2n) is 12.5. The van der Waals surface area contributed by atoms with Crippen LogP contribution in [0.5, 0.6) is 5.75 Å². The predicted octanol–water partition coefficient (Wildman–Crippen LogP) is 11.1. The second kappa shape index (κ2) is 15.2. The maximum absolute atomic E-state index is 14.9. The van der Waals surface area contributed by atoms with E-state index in [1.165, 1.54) is 70.6 Å². The fraction of sp³-hybridized carbons (Fsp3) is 0.714. The molecule has 38 heavy (non-hydrogen) atoms. The molecule has 0 heterocycles. The van der Waals surface area contributed by atoms with Crippen molar-refractivity contribution >= 4 is 5.57 Å². The Kier molecular flexibility index (Phi) is 11.8. The molecule has 3 aliphatic carbocycles. The Hall–Kier alpha value is -1.64. The molecule has 0 N–H and O–H groups in total. The van der Waals surface area contributed by atoms with Crippen LogP contribution in [0.1, 0.15) is 129 Å². The van der Waals surface area contributed by atoms with Gasteiger partial charge in [0.2, 0.25) is 5.82 Å². The summed E-state index contributed by atoms with van der Waals surface area (Å²) in [5.41, 5.74) is 1.41. The summed E-state index contributed by atoms with van der Waals surface area (Å²) in [6, 6.07) is 3.34. The van der Waals surface area contributed by atoms with Gasteiger partial charge in [-0.3, -0.25) is 0 Å². The van der Waals surface area contributed by atoms with Gasteiger partial charge in [0.1, 0.15) is 0 Å². The molecule has 0 radical (unpaired) electrons. The zero-order valence-corrected chi connectivity index (χ0v) is 24.2. The predicted molar refractivity (Wildman–Crippen MR) is 156 cm³/mol. The summed E-state index contributed by atoms with van der Waals surface area (Å²) < 4.78 is 35.1. The minimum Gasteiger partial charge on any atom is -0.490 e. The van der Waals surface area contributed by atoms with E-state index in [2.05, 4.69) is 32.1 Å². The van der Waals surface area contributed by atoms with Crippen LogP contribution in [-0.4, -0.2) is 6.61 Å². The Balaban J connectivity index is 1.21. The first-order valence-corrected chi connectivity index (χ1v) is 16.1. The van der Waals surface area contributed by atoms with Crippen LogP contribution in [0.25, 0.3) is 5.57 Å². The summed E-state index contributed by atoms with van der Waals surface area (Å²) in [6.45, 7) is 4.80. The van der Waals surface area contributed by atoms with E-state index in [0.29, 0.717) is 18.1 Å². The standard InChI is InChI=1S/C35H52F2O/c1-3-5-7-8-10-26-11-13-27(14-12-26)28-15-17-29(18-16-28)30-19-21-31(22-20-30)32-23-24-33(35(37)34(32)36)38-25-9-6-4-2/h7-8,21,23-24,26-30H,3-6,9-20,22,25H2,1-2H3/b8-7-. The summed E-state index contributed by atoms with van der Waals surface area (Å²) in [7, 11) is 0. The molecule has 1 unspecified atom stereocenters. The van der Waals surface area contributed by atoms with Crippen molar-refractivity contribution in [1.82, 2.24) is 0 Å². The van der Waals surface area contributed by atoms with Crippen molar-refractivity contribution in [2.24, 2.45) is 29.6 Å². The Morgan fingerprint density at radius 1 is 0.763 bits per heavy atom. The third kappa shape index (κ3) is 7.95. The molecule has 1 aromatic carbocycles. The van der Waals surface area contributed by atoms with Gasteiger partial charge < -0.3 is 4.74 Å². The first kappa shape index (κ1) is 29.3. The molecular formula is C35H52F2O. The lowest BCUT2D eigenvalue weighted by Crippen LogP contribution is -2.28. The van der Waals surface area contributed by atoms with Crippen molar-refractivity contribution in [2.45, 2.75) is 123 Å². The molecule has 0 saturated heterocycles. The van der Waals surface area contributed by atoms with E-state index in [4.69, 9.17) is 4.74 Å². The third-order valence-electron chi connectivity index (χ3n) is 9.98. The highest BCUT2D eigenvalue weighted by Crippen LogP contribution is 2.46. The molecule has 212 valence electrons. The Morgan fingerprint density at radius 2 is 1.45 bits per heavy atom. The van der Waals surface area contributed by atoms with Crippen LogP contribution in [0.4, 0.5) is 8.78 Å². The quantitative estimate of drug-likeness (QED) is 0.194. The monoisotopic (exact) mass is 526 g/mol. The number of ether oxygens (including phenoxy) is 1. The van der Waals surface area contributed by atoms with Crippen molar-refractivity contribution in [2.75, 3.05) is 6.61 Å². The molecule has 3 aliphatic rings. The van der Waals surface area contributed by atoms with E-state index in [-0.39, 0.29) is 5.75 Å². The van der Waals surface area contributed by atoms with Gasteiger partial charge in [0.05, 0.1) is 6.61 Å². The van der Waals surface area contributed by atoms with Crippen molar-refractivity contribution < 1.29 is 13.5 Å². The lowest BCUT2D eigenvalue weighted by atomic mass is 9.65. The molecule has 0 bridgehead atoms. The molecule has 0 aliphatic heterocycles. The van der Waals surface area contributed by atoms with Gasteiger partial charge in [-0.2, -0.15) is 4.39 Å². The second-order valence-corrected chi connectivity index (χ2v) is 12.5. The van der Waals surface area contributed by atoms with Crippen molar-refractivity contribution in [3.63, 3.8) is 0 Å². The van der Waals surface area contributed by atoms with Gasteiger partial charge in [0, 0.05) is 5.56 Å². The fourth-order valence-corrected chi connectivity index (χ4v) is 7.51. The lowest BCUT2D eigenvalue weighted by molar-refractivity contribution is 0.123. The van der Waals surface area contributed by atoms with Crippen LogP contribution < -0.4 is 4.74 Å². The number of hydrogen-bond donors (Lipinski definition) is 0. The average molecular weight is 527 g/mol. The van der Waals surface area contributed by atoms with E-state index in [1.54, 1.807) is 12.1 Å². The fourth-order valence-electron chi connectivity index (χ4n) is 7.51. The summed E-state index contributed by atoms with van der Waals surface area (Å²) >= 11 is 0. The van der Waals surface area contributed by atoms with Crippen LogP contribution in [0.3, 0.4) is 0 Å². The molecule has 3 heteroatoms. The molecular weight excluding hydrogens is 474 g/mol. The SMILES string of the molecule is CCC/C=C\CC1CCC(C2CCC(C3CC=C(c4ccc(OCCCCC)c(F)c4F)CC3)CC2)CC1. The first-order valence-electron chi connectivity index (χ1n) is 16.1. The normalized spacial score (nSPS) is 28.4. The van der Waals surface area contributed by atoms with E-state index < -0.39 is 11.6 Å². The molecule has 1 aromatic rings. The summed E-state index contributed by atoms with van der Waals surface area (Å²) in [5, 5.41) is 0. The van der Waals surface area contributed by atoms with E-state index in [1.807, 2.05) is 0 Å². The van der Waals surface area contributed by atoms with Crippen molar-refractivity contribution in [3.05, 3.63) is 47.6 Å². The maximum Gasteiger partial charge on any atom is 0.201 e. The summed E-state index contributed by atoms with van der Waals surface area (Å²) in [4.78, 5) is 0. The van der Waals surface area contributed by atoms with Gasteiger partial charge in [-0.25, -0.2) is 4.39 Å². The lowest BCUT2D eigenvalue weighted by Gasteiger charge is -2.40.